The van der Waals surface area contributed by atoms with E-state index in [1.807, 2.05) is 0 Å². The number of aliphatic carboxylic acids is 1. The molecular formula is C26H22Cl2N4O5. The summed E-state index contributed by atoms with van der Waals surface area (Å²) in [5, 5.41) is 19.4. The topological polar surface area (TPSA) is 130 Å². The van der Waals surface area contributed by atoms with E-state index in [-0.39, 0.29) is 28.5 Å². The molecule has 2 heterocycles. The predicted molar refractivity (Wildman–Crippen MR) is 139 cm³/mol. The van der Waals surface area contributed by atoms with Crippen molar-refractivity contribution in [3.8, 4) is 0 Å². The first-order chi connectivity index (χ1) is 17.7. The minimum atomic E-state index is -1.35. The number of carboxylic acids is 1. The number of oxime groups is 1. The van der Waals surface area contributed by atoms with Gasteiger partial charge in [-0.2, -0.15) is 0 Å². The summed E-state index contributed by atoms with van der Waals surface area (Å²) in [6, 6.07) is 13.7. The number of halogens is 2. The van der Waals surface area contributed by atoms with Crippen LogP contribution in [-0.4, -0.2) is 45.2 Å². The van der Waals surface area contributed by atoms with Gasteiger partial charge in [0.1, 0.15) is 6.04 Å². The van der Waals surface area contributed by atoms with Crippen LogP contribution in [0, 0.1) is 0 Å². The number of hydrogen-bond acceptors (Lipinski definition) is 6. The molecule has 0 saturated heterocycles. The Kier molecular flexibility index (Phi) is 7.75. The molecule has 1 aliphatic heterocycles. The Morgan fingerprint density at radius 1 is 1.08 bits per heavy atom. The highest BCUT2D eigenvalue weighted by atomic mass is 35.5. The number of carboxylic acid groups (broad SMARTS) is 1. The molecule has 0 saturated carbocycles. The number of rotatable bonds is 8. The molecule has 0 radical (unpaired) electrons. The van der Waals surface area contributed by atoms with Gasteiger partial charge in [-0.25, -0.2) is 4.79 Å². The summed E-state index contributed by atoms with van der Waals surface area (Å²) in [7, 11) is 0. The minimum absolute atomic E-state index is 0.0119. The van der Waals surface area contributed by atoms with Crippen molar-refractivity contribution in [2.75, 3.05) is 5.32 Å². The molecule has 11 heteroatoms. The number of pyridine rings is 1. The number of benzene rings is 2. The van der Waals surface area contributed by atoms with Gasteiger partial charge >= 0.3 is 5.97 Å². The number of hydrogen-bond donors (Lipinski definition) is 3. The highest BCUT2D eigenvalue weighted by Gasteiger charge is 2.43. The van der Waals surface area contributed by atoms with Gasteiger partial charge in [-0.05, 0) is 48.9 Å². The lowest BCUT2D eigenvalue weighted by atomic mass is 9.95. The van der Waals surface area contributed by atoms with Crippen LogP contribution in [0.15, 0.2) is 72.1 Å². The molecule has 0 fully saturated rings. The van der Waals surface area contributed by atoms with E-state index < -0.39 is 29.4 Å². The fraction of sp³-hybridized carbons (Fsp3) is 0.192. The smallest absolute Gasteiger partial charge is 0.326 e. The second-order valence-electron chi connectivity index (χ2n) is 8.59. The lowest BCUT2D eigenvalue weighted by Gasteiger charge is -2.23. The monoisotopic (exact) mass is 540 g/mol. The Morgan fingerprint density at radius 2 is 1.78 bits per heavy atom. The molecule has 1 aliphatic rings. The van der Waals surface area contributed by atoms with Crippen molar-refractivity contribution in [2.24, 2.45) is 5.16 Å². The van der Waals surface area contributed by atoms with Crippen LogP contribution < -0.4 is 10.6 Å². The summed E-state index contributed by atoms with van der Waals surface area (Å²) in [4.78, 5) is 46.9. The fourth-order valence-corrected chi connectivity index (χ4v) is 4.30. The van der Waals surface area contributed by atoms with Gasteiger partial charge in [0.05, 0.1) is 21.3 Å². The molecule has 1 unspecified atom stereocenters. The lowest BCUT2D eigenvalue weighted by molar-refractivity contribution is -0.148. The summed E-state index contributed by atoms with van der Waals surface area (Å²) < 4.78 is 0. The van der Waals surface area contributed by atoms with Crippen molar-refractivity contribution in [1.29, 1.82) is 0 Å². The number of carbonyl (C=O) groups excluding carboxylic acids is 2. The summed E-state index contributed by atoms with van der Waals surface area (Å²) in [6.07, 6.45) is 3.41. The average molecular weight is 541 g/mol. The highest BCUT2D eigenvalue weighted by Crippen LogP contribution is 2.27. The van der Waals surface area contributed by atoms with Gasteiger partial charge in [0, 0.05) is 36.5 Å². The minimum Gasteiger partial charge on any atom is -0.480 e. The first-order valence-corrected chi connectivity index (χ1v) is 12.0. The van der Waals surface area contributed by atoms with Crippen LogP contribution in [0.3, 0.4) is 0 Å². The second-order valence-corrected chi connectivity index (χ2v) is 9.41. The van der Waals surface area contributed by atoms with E-state index in [0.29, 0.717) is 17.0 Å². The molecule has 0 spiro atoms. The van der Waals surface area contributed by atoms with Crippen molar-refractivity contribution in [3.63, 3.8) is 0 Å². The summed E-state index contributed by atoms with van der Waals surface area (Å²) in [6.45, 7) is 1.55. The zero-order chi connectivity index (χ0) is 26.6. The van der Waals surface area contributed by atoms with Crippen LogP contribution >= 0.6 is 23.2 Å². The molecule has 9 nitrogen and oxygen atoms in total. The van der Waals surface area contributed by atoms with Crippen molar-refractivity contribution in [2.45, 2.75) is 31.4 Å². The number of aromatic nitrogens is 1. The van der Waals surface area contributed by atoms with Gasteiger partial charge in [0.15, 0.2) is 0 Å². The third kappa shape index (κ3) is 6.07. The summed E-state index contributed by atoms with van der Waals surface area (Å²) in [5.74, 6) is -2.27. The van der Waals surface area contributed by atoms with Crippen molar-refractivity contribution in [1.82, 2.24) is 10.3 Å². The average Bonchev–Trinajstić information content (AvgIpc) is 3.28. The van der Waals surface area contributed by atoms with E-state index in [0.717, 1.165) is 5.56 Å². The van der Waals surface area contributed by atoms with Crippen LogP contribution in [0.2, 0.25) is 10.0 Å². The Hall–Kier alpha value is -3.95. The molecule has 2 atom stereocenters. The number of nitrogens with zero attached hydrogens (tertiary/aromatic N) is 2. The largest absolute Gasteiger partial charge is 0.480 e. The number of carbonyl (C=O) groups is 3. The number of amides is 2. The van der Waals surface area contributed by atoms with Crippen LogP contribution in [0.5, 0.6) is 0 Å². The molecule has 2 aromatic carbocycles. The molecule has 4 rings (SSSR count). The highest BCUT2D eigenvalue weighted by molar-refractivity contribution is 6.40. The van der Waals surface area contributed by atoms with Crippen molar-refractivity contribution in [3.05, 3.63) is 93.7 Å². The van der Waals surface area contributed by atoms with Crippen molar-refractivity contribution >= 4 is 52.4 Å². The number of anilines is 1. The molecule has 3 N–H and O–H groups in total. The van der Waals surface area contributed by atoms with Gasteiger partial charge < -0.3 is 20.6 Å². The molecule has 190 valence electrons. The van der Waals surface area contributed by atoms with E-state index in [1.165, 1.54) is 0 Å². The molecule has 1 aromatic heterocycles. The van der Waals surface area contributed by atoms with E-state index >= 15 is 0 Å². The normalized spacial score (nSPS) is 17.3. The van der Waals surface area contributed by atoms with E-state index in [4.69, 9.17) is 28.0 Å². The Labute approximate surface area is 222 Å². The summed E-state index contributed by atoms with van der Waals surface area (Å²) >= 11 is 12.2. The standard InChI is InChI=1S/C26H22Cl2N4O5/c1-26(13-21(32-37-26)16-4-3-11-29-14-16)25(36)31-20(24(34)35)12-15-7-9-17(10-8-15)30-23(33)22-18(27)5-2-6-19(22)28/h2-11,14,20H,12-13H2,1H3,(H,30,33)(H,31,36)(H,34,35)/t20?,26-/m1/s1. The third-order valence-electron chi connectivity index (χ3n) is 5.78. The quantitative estimate of drug-likeness (QED) is 0.389. The molecule has 0 aliphatic carbocycles. The van der Waals surface area contributed by atoms with Gasteiger partial charge in [0.25, 0.3) is 11.8 Å². The Bertz CT molecular complexity index is 1340. The second kappa shape index (κ2) is 11.0. The SMILES string of the molecule is C[C@]1(C(=O)NC(Cc2ccc(NC(=O)c3c(Cl)cccc3Cl)cc2)C(=O)O)CC(c2cccnc2)=NO1. The zero-order valence-electron chi connectivity index (χ0n) is 19.6. The van der Waals surface area contributed by atoms with Crippen LogP contribution in [0.1, 0.15) is 34.8 Å². The first-order valence-electron chi connectivity index (χ1n) is 11.2. The lowest BCUT2D eigenvalue weighted by Crippen LogP contribution is -2.51. The zero-order valence-corrected chi connectivity index (χ0v) is 21.1. The maximum atomic E-state index is 13.0. The maximum absolute atomic E-state index is 13.0. The molecular weight excluding hydrogens is 519 g/mol. The third-order valence-corrected chi connectivity index (χ3v) is 6.41. The molecule has 37 heavy (non-hydrogen) atoms. The van der Waals surface area contributed by atoms with E-state index in [2.05, 4.69) is 20.8 Å². The van der Waals surface area contributed by atoms with Gasteiger partial charge in [-0.1, -0.05) is 46.6 Å². The van der Waals surface area contributed by atoms with E-state index in [9.17, 15) is 19.5 Å². The molecule has 3 aromatic rings. The molecule has 0 bridgehead atoms. The van der Waals surface area contributed by atoms with Gasteiger partial charge in [-0.15, -0.1) is 0 Å². The van der Waals surface area contributed by atoms with Gasteiger partial charge in [0.2, 0.25) is 5.60 Å². The predicted octanol–water partition coefficient (Wildman–Crippen LogP) is 4.34. The van der Waals surface area contributed by atoms with E-state index in [1.54, 1.807) is 73.9 Å². The summed E-state index contributed by atoms with van der Waals surface area (Å²) in [5.41, 5.74) is 1.17. The van der Waals surface area contributed by atoms with Crippen LogP contribution in [0.4, 0.5) is 5.69 Å². The number of nitrogens with one attached hydrogen (secondary N) is 2. The first kappa shape index (κ1) is 26.1. The maximum Gasteiger partial charge on any atom is 0.326 e. The van der Waals surface area contributed by atoms with Crippen molar-refractivity contribution < 1.29 is 24.3 Å². The Morgan fingerprint density at radius 3 is 2.41 bits per heavy atom. The molecule has 2 amide bonds. The van der Waals surface area contributed by atoms with Gasteiger partial charge in [-0.3, -0.25) is 14.6 Å². The van der Waals surface area contributed by atoms with Crippen LogP contribution in [-0.2, 0) is 20.8 Å². The fourth-order valence-electron chi connectivity index (χ4n) is 3.73. The van der Waals surface area contributed by atoms with Crippen LogP contribution in [0.25, 0.3) is 0 Å². The Balaban J connectivity index is 1.38.